The number of rotatable bonds is 4. The van der Waals surface area contributed by atoms with Gasteiger partial charge in [0.05, 0.1) is 12.5 Å². The van der Waals surface area contributed by atoms with E-state index in [9.17, 15) is 29.5 Å². The van der Waals surface area contributed by atoms with Crippen molar-refractivity contribution in [3.05, 3.63) is 30.3 Å². The molecule has 0 aromatic heterocycles. The number of anilines is 1. The van der Waals surface area contributed by atoms with E-state index in [4.69, 9.17) is 4.74 Å². The van der Waals surface area contributed by atoms with Crippen LogP contribution >= 0.6 is 0 Å². The minimum atomic E-state index is -1.40. The Morgan fingerprint density at radius 3 is 2.17 bits per heavy atom. The second-order valence-electron chi connectivity index (χ2n) is 9.05. The van der Waals surface area contributed by atoms with Gasteiger partial charge in [-0.2, -0.15) is 0 Å². The van der Waals surface area contributed by atoms with Crippen LogP contribution in [0.3, 0.4) is 0 Å². The van der Waals surface area contributed by atoms with Gasteiger partial charge in [-0.05, 0) is 25.0 Å². The Kier molecular flexibility index (Phi) is 7.59. The van der Waals surface area contributed by atoms with Crippen LogP contribution in [0, 0.1) is 5.92 Å². The van der Waals surface area contributed by atoms with Crippen molar-refractivity contribution in [1.29, 1.82) is 0 Å². The molecule has 0 spiro atoms. The molecule has 0 bridgehead atoms. The van der Waals surface area contributed by atoms with Crippen molar-refractivity contribution < 1.29 is 34.2 Å². The van der Waals surface area contributed by atoms with E-state index < -0.39 is 42.1 Å². The highest BCUT2D eigenvalue weighted by atomic mass is 16.6. The van der Waals surface area contributed by atoms with Gasteiger partial charge in [-0.1, -0.05) is 18.2 Å². The van der Waals surface area contributed by atoms with Crippen molar-refractivity contribution >= 4 is 29.7 Å². The molecule has 3 aliphatic rings. The Morgan fingerprint density at radius 2 is 1.57 bits per heavy atom. The zero-order valence-electron chi connectivity index (χ0n) is 19.4. The summed E-state index contributed by atoms with van der Waals surface area (Å²) in [5, 5.41) is 19.2. The topological polar surface area (TPSA) is 143 Å². The van der Waals surface area contributed by atoms with E-state index in [1.807, 2.05) is 30.3 Å². The molecule has 12 nitrogen and oxygen atoms in total. The highest BCUT2D eigenvalue weighted by Crippen LogP contribution is 2.29. The van der Waals surface area contributed by atoms with E-state index in [1.54, 1.807) is 10.4 Å². The first kappa shape index (κ1) is 24.6. The number of nitrogens with one attached hydrogen (secondary N) is 1. The quantitative estimate of drug-likeness (QED) is 0.417. The molecule has 4 amide bonds. The summed E-state index contributed by atoms with van der Waals surface area (Å²) < 4.78 is 5.51. The molecular weight excluding hydrogens is 458 g/mol. The summed E-state index contributed by atoms with van der Waals surface area (Å²) in [7, 11) is 0. The Labute approximate surface area is 203 Å². The molecule has 35 heavy (non-hydrogen) atoms. The lowest BCUT2D eigenvalue weighted by atomic mass is 9.86. The summed E-state index contributed by atoms with van der Waals surface area (Å²) in [4.78, 5) is 56.7. The van der Waals surface area contributed by atoms with E-state index in [0.717, 1.165) is 23.4 Å². The lowest BCUT2D eigenvalue weighted by Crippen LogP contribution is -2.64. The molecule has 3 saturated heterocycles. The molecule has 1 aromatic carbocycles. The van der Waals surface area contributed by atoms with Crippen LogP contribution in [0.1, 0.15) is 19.3 Å². The second kappa shape index (κ2) is 10.8. The first-order valence-corrected chi connectivity index (χ1v) is 11.9. The van der Waals surface area contributed by atoms with E-state index in [1.165, 1.54) is 4.90 Å². The summed E-state index contributed by atoms with van der Waals surface area (Å²) in [6, 6.07) is 8.43. The number of para-hydroxylation sites is 1. The van der Waals surface area contributed by atoms with E-state index in [2.05, 4.69) is 4.90 Å². The third-order valence-electron chi connectivity index (χ3n) is 6.92. The summed E-state index contributed by atoms with van der Waals surface area (Å²) in [5.41, 5.74) is 2.58. The number of hydrogen-bond acceptors (Lipinski definition) is 7. The van der Waals surface area contributed by atoms with Crippen LogP contribution in [0.4, 0.5) is 15.3 Å². The van der Waals surface area contributed by atoms with Crippen LogP contribution in [0.25, 0.3) is 0 Å². The van der Waals surface area contributed by atoms with Crippen molar-refractivity contribution in [1.82, 2.24) is 20.2 Å². The maximum absolute atomic E-state index is 13.5. The smallest absolute Gasteiger partial charge is 0.410 e. The molecule has 0 radical (unpaired) electrons. The lowest BCUT2D eigenvalue weighted by Gasteiger charge is -2.44. The van der Waals surface area contributed by atoms with Crippen molar-refractivity contribution in [2.24, 2.45) is 5.92 Å². The van der Waals surface area contributed by atoms with E-state index in [-0.39, 0.29) is 13.0 Å². The average molecular weight is 490 g/mol. The summed E-state index contributed by atoms with van der Waals surface area (Å²) in [6.45, 7) is 2.72. The number of hydroxylamine groups is 1. The first-order valence-electron chi connectivity index (χ1n) is 11.9. The van der Waals surface area contributed by atoms with Gasteiger partial charge in [-0.25, -0.2) is 15.1 Å². The predicted octanol–water partition coefficient (Wildman–Crippen LogP) is 0.810. The Bertz CT molecular complexity index is 931. The number of benzene rings is 1. The molecule has 0 unspecified atom stereocenters. The van der Waals surface area contributed by atoms with Crippen molar-refractivity contribution in [2.75, 3.05) is 50.7 Å². The molecule has 0 aliphatic carbocycles. The molecule has 4 rings (SSSR count). The third kappa shape index (κ3) is 5.42. The number of carbonyl (C=O) groups is 4. The molecule has 190 valence electrons. The first-order chi connectivity index (χ1) is 16.9. The number of nitrogens with zero attached hydrogens (tertiary/aromatic N) is 4. The minimum Gasteiger partial charge on any atom is -0.465 e. The van der Waals surface area contributed by atoms with Crippen LogP contribution in [-0.2, 0) is 14.3 Å². The van der Waals surface area contributed by atoms with Gasteiger partial charge >= 0.3 is 12.2 Å². The SMILES string of the molecule is O=C(NO)[C@H]1C[C@H](OC(=O)N2CCCC2)CN(C(=O)O)[C@@H]1C(=O)N1CCN(c2ccccc2)CC1. The molecule has 1 aromatic rings. The monoisotopic (exact) mass is 489 g/mol. The van der Waals surface area contributed by atoms with Gasteiger partial charge in [0, 0.05) is 51.4 Å². The standard InChI is InChI=1S/C23H31N5O7/c29-20(24-34)18-14-17(35-23(33)27-8-4-5-9-27)15-28(22(31)32)19(18)21(30)26-12-10-25(11-13-26)16-6-2-1-3-7-16/h1-3,6-7,17-19,34H,4-5,8-15H2,(H,24,29)(H,31,32)/t17-,18-,19-/m0/s1. The fraction of sp³-hybridized carbons (Fsp3) is 0.565. The van der Waals surface area contributed by atoms with Crippen molar-refractivity contribution in [3.63, 3.8) is 0 Å². The Balaban J connectivity index is 1.47. The highest BCUT2D eigenvalue weighted by Gasteiger charge is 2.49. The zero-order chi connectivity index (χ0) is 24.9. The van der Waals surface area contributed by atoms with Crippen LogP contribution in [0.2, 0.25) is 0 Å². The van der Waals surface area contributed by atoms with Crippen LogP contribution in [-0.4, -0.2) is 107 Å². The number of carbonyl (C=O) groups excluding carboxylic acids is 3. The average Bonchev–Trinajstić information content (AvgIpc) is 3.43. The Morgan fingerprint density at radius 1 is 0.914 bits per heavy atom. The fourth-order valence-electron chi connectivity index (χ4n) is 5.09. The number of ether oxygens (including phenoxy) is 1. The largest absolute Gasteiger partial charge is 0.465 e. The summed E-state index contributed by atoms with van der Waals surface area (Å²) in [6.07, 6.45) is -1.22. The predicted molar refractivity (Wildman–Crippen MR) is 123 cm³/mol. The van der Waals surface area contributed by atoms with E-state index in [0.29, 0.717) is 39.3 Å². The molecule has 3 N–H and O–H groups in total. The highest BCUT2D eigenvalue weighted by molar-refractivity contribution is 5.92. The van der Waals surface area contributed by atoms with Crippen LogP contribution in [0.15, 0.2) is 30.3 Å². The Hall–Kier alpha value is -3.54. The zero-order valence-corrected chi connectivity index (χ0v) is 19.4. The number of amides is 4. The van der Waals surface area contributed by atoms with Crippen molar-refractivity contribution in [2.45, 2.75) is 31.4 Å². The van der Waals surface area contributed by atoms with Gasteiger partial charge in [-0.15, -0.1) is 0 Å². The number of carboxylic acid groups (broad SMARTS) is 1. The molecular formula is C23H31N5O7. The molecule has 3 heterocycles. The number of likely N-dealkylation sites (tertiary alicyclic amines) is 2. The molecule has 12 heteroatoms. The van der Waals surface area contributed by atoms with Crippen LogP contribution < -0.4 is 10.4 Å². The number of hydrogen-bond donors (Lipinski definition) is 3. The van der Waals surface area contributed by atoms with Gasteiger partial charge in [0.25, 0.3) is 0 Å². The van der Waals surface area contributed by atoms with E-state index >= 15 is 0 Å². The van der Waals surface area contributed by atoms with Gasteiger partial charge < -0.3 is 24.5 Å². The maximum atomic E-state index is 13.5. The lowest BCUT2D eigenvalue weighted by molar-refractivity contribution is -0.151. The molecule has 3 fully saturated rings. The van der Waals surface area contributed by atoms with Gasteiger partial charge in [0.15, 0.2) is 0 Å². The van der Waals surface area contributed by atoms with Gasteiger partial charge in [-0.3, -0.25) is 19.7 Å². The second-order valence-corrected chi connectivity index (χ2v) is 9.05. The normalized spacial score (nSPS) is 24.8. The number of piperazine rings is 1. The summed E-state index contributed by atoms with van der Waals surface area (Å²) >= 11 is 0. The molecule has 3 atom stereocenters. The van der Waals surface area contributed by atoms with Crippen LogP contribution in [0.5, 0.6) is 0 Å². The van der Waals surface area contributed by atoms with Gasteiger partial charge in [0.1, 0.15) is 12.1 Å². The summed E-state index contributed by atoms with van der Waals surface area (Å²) in [5.74, 6) is -2.60. The molecule has 0 saturated carbocycles. The van der Waals surface area contributed by atoms with Crippen molar-refractivity contribution in [3.8, 4) is 0 Å². The maximum Gasteiger partial charge on any atom is 0.410 e. The number of piperidine rings is 1. The third-order valence-corrected chi connectivity index (χ3v) is 6.92. The van der Waals surface area contributed by atoms with Gasteiger partial charge in [0.2, 0.25) is 11.8 Å². The molecule has 3 aliphatic heterocycles. The minimum absolute atomic E-state index is 0.0733. The fourth-order valence-corrected chi connectivity index (χ4v) is 5.09.